The van der Waals surface area contributed by atoms with Crippen LogP contribution in [-0.4, -0.2) is 6.04 Å². The highest BCUT2D eigenvalue weighted by Gasteiger charge is 2.35. The lowest BCUT2D eigenvalue weighted by molar-refractivity contribution is 0.111. The normalized spacial score (nSPS) is 42.0. The van der Waals surface area contributed by atoms with E-state index >= 15 is 0 Å². The van der Waals surface area contributed by atoms with Crippen molar-refractivity contribution in [3.8, 4) is 0 Å². The van der Waals surface area contributed by atoms with Crippen LogP contribution in [0.4, 0.5) is 0 Å². The Morgan fingerprint density at radius 3 is 2.26 bits per heavy atom. The Balaban J connectivity index is 1.98. The fourth-order valence-electron chi connectivity index (χ4n) is 4.99. The van der Waals surface area contributed by atoms with Gasteiger partial charge in [-0.1, -0.05) is 40.0 Å². The van der Waals surface area contributed by atoms with Crippen LogP contribution in [0, 0.1) is 29.6 Å². The quantitative estimate of drug-likeness (QED) is 0.593. The minimum absolute atomic E-state index is 0.569. The second-order valence-electron chi connectivity index (χ2n) is 7.57. The highest BCUT2D eigenvalue weighted by Crippen LogP contribution is 2.41. The zero-order valence-electron chi connectivity index (χ0n) is 13.2. The first-order valence-electron chi connectivity index (χ1n) is 8.60. The summed E-state index contributed by atoms with van der Waals surface area (Å²) < 4.78 is 0. The molecule has 2 heteroatoms. The van der Waals surface area contributed by atoms with Gasteiger partial charge in [-0.15, -0.1) is 0 Å². The summed E-state index contributed by atoms with van der Waals surface area (Å²) in [5.74, 6) is 10.3. The molecule has 2 saturated carbocycles. The third-order valence-corrected chi connectivity index (χ3v) is 5.82. The third-order valence-electron chi connectivity index (χ3n) is 5.82. The van der Waals surface area contributed by atoms with E-state index in [-0.39, 0.29) is 0 Å². The van der Waals surface area contributed by atoms with E-state index in [1.165, 1.54) is 51.4 Å². The molecule has 2 fully saturated rings. The molecule has 0 heterocycles. The monoisotopic (exact) mass is 266 g/mol. The molecule has 5 atom stereocenters. The van der Waals surface area contributed by atoms with E-state index in [1.807, 2.05) is 0 Å². The van der Waals surface area contributed by atoms with Crippen molar-refractivity contribution < 1.29 is 0 Å². The largest absolute Gasteiger partial charge is 0.271 e. The van der Waals surface area contributed by atoms with Crippen molar-refractivity contribution in [2.24, 2.45) is 35.4 Å². The lowest BCUT2D eigenvalue weighted by Gasteiger charge is -2.42. The average molecular weight is 266 g/mol. The number of hydrogen-bond acceptors (Lipinski definition) is 2. The van der Waals surface area contributed by atoms with Gasteiger partial charge >= 0.3 is 0 Å². The maximum Gasteiger partial charge on any atom is 0.0267 e. The smallest absolute Gasteiger partial charge is 0.0267 e. The summed E-state index contributed by atoms with van der Waals surface area (Å²) in [4.78, 5) is 0. The number of nitrogens with two attached hydrogens (primary N) is 1. The molecule has 0 aromatic carbocycles. The second kappa shape index (κ2) is 7.08. The number of rotatable bonds is 4. The molecule has 3 N–H and O–H groups in total. The van der Waals surface area contributed by atoms with Crippen molar-refractivity contribution in [1.29, 1.82) is 0 Å². The summed E-state index contributed by atoms with van der Waals surface area (Å²) in [6.45, 7) is 7.20. The Kier molecular flexibility index (Phi) is 5.70. The van der Waals surface area contributed by atoms with Crippen LogP contribution >= 0.6 is 0 Å². The zero-order valence-corrected chi connectivity index (χ0v) is 13.2. The van der Waals surface area contributed by atoms with Gasteiger partial charge in [0.15, 0.2) is 0 Å². The van der Waals surface area contributed by atoms with Crippen LogP contribution < -0.4 is 11.3 Å². The molecule has 5 unspecified atom stereocenters. The van der Waals surface area contributed by atoms with Gasteiger partial charge in [0.1, 0.15) is 0 Å². The molecule has 0 aromatic rings. The predicted molar refractivity (Wildman–Crippen MR) is 82.5 cm³/mol. The second-order valence-corrected chi connectivity index (χ2v) is 7.57. The molecule has 0 amide bonds. The van der Waals surface area contributed by atoms with Gasteiger partial charge in [-0.05, 0) is 61.7 Å². The SMILES string of the molecule is CCC1CCCC(C(NN)C2CC(C)CC(C)C2)C1. The summed E-state index contributed by atoms with van der Waals surface area (Å²) in [6.07, 6.45) is 11.2. The van der Waals surface area contributed by atoms with Crippen molar-refractivity contribution in [3.05, 3.63) is 0 Å². The highest BCUT2D eigenvalue weighted by atomic mass is 15.2. The summed E-state index contributed by atoms with van der Waals surface area (Å²) in [5.41, 5.74) is 3.23. The van der Waals surface area contributed by atoms with Crippen LogP contribution in [0.1, 0.15) is 72.1 Å². The molecule has 2 aliphatic rings. The van der Waals surface area contributed by atoms with E-state index in [4.69, 9.17) is 5.84 Å². The van der Waals surface area contributed by atoms with E-state index in [2.05, 4.69) is 26.2 Å². The van der Waals surface area contributed by atoms with Crippen LogP contribution in [0.2, 0.25) is 0 Å². The molecule has 2 rings (SSSR count). The molecular weight excluding hydrogens is 232 g/mol. The van der Waals surface area contributed by atoms with Gasteiger partial charge in [0, 0.05) is 6.04 Å². The summed E-state index contributed by atoms with van der Waals surface area (Å²) in [6, 6.07) is 0.569. The van der Waals surface area contributed by atoms with Crippen molar-refractivity contribution in [2.75, 3.05) is 0 Å². The van der Waals surface area contributed by atoms with Crippen LogP contribution in [0.25, 0.3) is 0 Å². The van der Waals surface area contributed by atoms with Gasteiger partial charge < -0.3 is 0 Å². The van der Waals surface area contributed by atoms with E-state index in [9.17, 15) is 0 Å². The first-order chi connectivity index (χ1) is 9.13. The molecule has 0 aliphatic heterocycles. The predicted octanol–water partition coefficient (Wildman–Crippen LogP) is 4.11. The van der Waals surface area contributed by atoms with Crippen LogP contribution in [-0.2, 0) is 0 Å². The Labute approximate surface area is 119 Å². The standard InChI is InChI=1S/C17H34N2/c1-4-14-6-5-7-15(11-14)17(19-18)16-9-12(2)8-13(3)10-16/h12-17,19H,4-11,18H2,1-3H3. The van der Waals surface area contributed by atoms with E-state index in [1.54, 1.807) is 0 Å². The molecule has 0 bridgehead atoms. The van der Waals surface area contributed by atoms with Crippen molar-refractivity contribution in [1.82, 2.24) is 5.43 Å². The van der Waals surface area contributed by atoms with Gasteiger partial charge in [-0.2, -0.15) is 0 Å². The van der Waals surface area contributed by atoms with Gasteiger partial charge in [0.25, 0.3) is 0 Å². The fourth-order valence-corrected chi connectivity index (χ4v) is 4.99. The topological polar surface area (TPSA) is 38.0 Å². The molecule has 19 heavy (non-hydrogen) atoms. The summed E-state index contributed by atoms with van der Waals surface area (Å²) in [7, 11) is 0. The average Bonchev–Trinajstić information content (AvgIpc) is 2.39. The van der Waals surface area contributed by atoms with Gasteiger partial charge in [0.05, 0.1) is 0 Å². The first-order valence-corrected chi connectivity index (χ1v) is 8.60. The molecular formula is C17H34N2. The molecule has 2 nitrogen and oxygen atoms in total. The van der Waals surface area contributed by atoms with E-state index in [0.717, 1.165) is 29.6 Å². The van der Waals surface area contributed by atoms with Gasteiger partial charge in [-0.3, -0.25) is 11.3 Å². The minimum atomic E-state index is 0.569. The third kappa shape index (κ3) is 3.95. The van der Waals surface area contributed by atoms with E-state index < -0.39 is 0 Å². The number of hydrogen-bond donors (Lipinski definition) is 2. The van der Waals surface area contributed by atoms with Crippen molar-refractivity contribution in [2.45, 2.75) is 78.2 Å². The van der Waals surface area contributed by atoms with E-state index in [0.29, 0.717) is 6.04 Å². The fraction of sp³-hybridized carbons (Fsp3) is 1.00. The molecule has 0 spiro atoms. The van der Waals surface area contributed by atoms with Crippen LogP contribution in [0.3, 0.4) is 0 Å². The lowest BCUT2D eigenvalue weighted by Crippen LogP contribution is -2.49. The maximum atomic E-state index is 5.96. The number of hydrazine groups is 1. The van der Waals surface area contributed by atoms with Crippen LogP contribution in [0.5, 0.6) is 0 Å². The number of nitrogens with one attached hydrogen (secondary N) is 1. The summed E-state index contributed by atoms with van der Waals surface area (Å²) in [5, 5.41) is 0. The van der Waals surface area contributed by atoms with Crippen LogP contribution in [0.15, 0.2) is 0 Å². The Bertz CT molecular complexity index is 256. The Morgan fingerprint density at radius 1 is 1.00 bits per heavy atom. The Morgan fingerprint density at radius 2 is 1.68 bits per heavy atom. The zero-order chi connectivity index (χ0) is 13.8. The Hall–Kier alpha value is -0.0800. The molecule has 0 aromatic heterocycles. The highest BCUT2D eigenvalue weighted by molar-refractivity contribution is 4.89. The molecule has 0 saturated heterocycles. The van der Waals surface area contributed by atoms with Gasteiger partial charge in [-0.25, -0.2) is 0 Å². The molecule has 2 aliphatic carbocycles. The van der Waals surface area contributed by atoms with Crippen molar-refractivity contribution in [3.63, 3.8) is 0 Å². The van der Waals surface area contributed by atoms with Crippen molar-refractivity contribution >= 4 is 0 Å². The first kappa shape index (κ1) is 15.3. The van der Waals surface area contributed by atoms with Gasteiger partial charge in [0.2, 0.25) is 0 Å². The molecule has 112 valence electrons. The molecule has 0 radical (unpaired) electrons. The minimum Gasteiger partial charge on any atom is -0.271 e. The summed E-state index contributed by atoms with van der Waals surface area (Å²) >= 11 is 0. The lowest BCUT2D eigenvalue weighted by atomic mass is 9.67. The maximum absolute atomic E-state index is 5.96.